The van der Waals surface area contributed by atoms with Crippen LogP contribution in [0.2, 0.25) is 0 Å². The molecule has 0 aliphatic rings. The van der Waals surface area contributed by atoms with E-state index in [4.69, 9.17) is 14.2 Å². The molecule has 0 fully saturated rings. The highest BCUT2D eigenvalue weighted by molar-refractivity contribution is 5.71. The molecule has 6 nitrogen and oxygen atoms in total. The maximum atomic E-state index is 12.8. The first-order chi connectivity index (χ1) is 31.5. The molecule has 64 heavy (non-hydrogen) atoms. The maximum Gasteiger partial charge on any atom is 0.306 e. The fourth-order valence-electron chi connectivity index (χ4n) is 7.16. The summed E-state index contributed by atoms with van der Waals surface area (Å²) in [5, 5.41) is 0. The zero-order valence-corrected chi connectivity index (χ0v) is 41.8. The lowest BCUT2D eigenvalue weighted by atomic mass is 10.0. The average Bonchev–Trinajstić information content (AvgIpc) is 3.29. The van der Waals surface area contributed by atoms with Crippen molar-refractivity contribution < 1.29 is 28.6 Å². The zero-order valence-electron chi connectivity index (χ0n) is 41.8. The lowest BCUT2D eigenvalue weighted by Gasteiger charge is -2.18. The van der Waals surface area contributed by atoms with Crippen LogP contribution in [-0.2, 0) is 28.6 Å². The van der Waals surface area contributed by atoms with E-state index in [1.807, 2.05) is 0 Å². The van der Waals surface area contributed by atoms with Crippen molar-refractivity contribution in [1.29, 1.82) is 0 Å². The molecule has 0 aromatic carbocycles. The lowest BCUT2D eigenvalue weighted by molar-refractivity contribution is -0.167. The number of ether oxygens (including phenoxy) is 3. The van der Waals surface area contributed by atoms with Gasteiger partial charge >= 0.3 is 17.9 Å². The van der Waals surface area contributed by atoms with E-state index in [1.54, 1.807) is 0 Å². The van der Waals surface area contributed by atoms with Gasteiger partial charge in [-0.05, 0) is 77.0 Å². The van der Waals surface area contributed by atoms with Gasteiger partial charge in [0.15, 0.2) is 6.10 Å². The second kappa shape index (κ2) is 52.2. The molecule has 0 bridgehead atoms. The van der Waals surface area contributed by atoms with Gasteiger partial charge in [0.1, 0.15) is 13.2 Å². The van der Waals surface area contributed by atoms with E-state index in [1.165, 1.54) is 109 Å². The zero-order chi connectivity index (χ0) is 46.5. The fraction of sp³-hybridized carbons (Fsp3) is 0.707. The summed E-state index contributed by atoms with van der Waals surface area (Å²) in [6, 6.07) is 0. The first kappa shape index (κ1) is 60.6. The summed E-state index contributed by atoms with van der Waals surface area (Å²) < 4.78 is 16.7. The van der Waals surface area contributed by atoms with Crippen molar-refractivity contribution >= 4 is 17.9 Å². The minimum atomic E-state index is -0.815. The maximum absolute atomic E-state index is 12.8. The normalized spacial score (nSPS) is 12.7. The van der Waals surface area contributed by atoms with Crippen LogP contribution in [0.4, 0.5) is 0 Å². The Kier molecular flexibility index (Phi) is 49.4. The van der Waals surface area contributed by atoms with Gasteiger partial charge < -0.3 is 14.2 Å². The van der Waals surface area contributed by atoms with Crippen molar-refractivity contribution in [2.75, 3.05) is 13.2 Å². The van der Waals surface area contributed by atoms with E-state index in [0.29, 0.717) is 19.3 Å². The molecule has 366 valence electrons. The first-order valence-corrected chi connectivity index (χ1v) is 26.6. The molecule has 0 aromatic rings. The third-order valence-corrected chi connectivity index (χ3v) is 11.2. The van der Waals surface area contributed by atoms with Gasteiger partial charge in [0, 0.05) is 19.3 Å². The summed E-state index contributed by atoms with van der Waals surface area (Å²) in [5.74, 6) is -0.993. The molecular weight excluding hydrogens is 793 g/mol. The Morgan fingerprint density at radius 2 is 0.688 bits per heavy atom. The van der Waals surface area contributed by atoms with Crippen LogP contribution in [0.3, 0.4) is 0 Å². The van der Waals surface area contributed by atoms with E-state index < -0.39 is 6.10 Å². The molecule has 0 aliphatic carbocycles. The smallest absolute Gasteiger partial charge is 0.306 e. The molecule has 0 radical (unpaired) electrons. The van der Waals surface area contributed by atoms with Crippen molar-refractivity contribution in [3.8, 4) is 0 Å². The molecule has 0 N–H and O–H groups in total. The minimum Gasteiger partial charge on any atom is -0.462 e. The first-order valence-electron chi connectivity index (χ1n) is 26.6. The Hall–Kier alpha value is -3.41. The van der Waals surface area contributed by atoms with Crippen molar-refractivity contribution in [1.82, 2.24) is 0 Å². The fourth-order valence-corrected chi connectivity index (χ4v) is 7.16. The van der Waals surface area contributed by atoms with Crippen LogP contribution >= 0.6 is 0 Å². The van der Waals surface area contributed by atoms with Gasteiger partial charge in [-0.15, -0.1) is 0 Å². The monoisotopic (exact) mass is 891 g/mol. The number of allylic oxidation sites excluding steroid dienone is 14. The summed E-state index contributed by atoms with van der Waals surface area (Å²) in [6.45, 7) is 6.41. The molecule has 1 atom stereocenters. The van der Waals surface area contributed by atoms with Crippen molar-refractivity contribution in [3.05, 3.63) is 85.1 Å². The second-order valence-electron chi connectivity index (χ2n) is 17.4. The number of hydrogen-bond donors (Lipinski definition) is 0. The van der Waals surface area contributed by atoms with Gasteiger partial charge in [0.25, 0.3) is 0 Å². The molecule has 0 saturated heterocycles. The number of carbonyl (C=O) groups excluding carboxylic acids is 3. The van der Waals surface area contributed by atoms with Gasteiger partial charge in [0.05, 0.1) is 0 Å². The van der Waals surface area contributed by atoms with Crippen molar-refractivity contribution in [2.24, 2.45) is 0 Å². The van der Waals surface area contributed by atoms with Crippen LogP contribution in [0.5, 0.6) is 0 Å². The Morgan fingerprint density at radius 1 is 0.344 bits per heavy atom. The van der Waals surface area contributed by atoms with Crippen LogP contribution in [0, 0.1) is 0 Å². The third-order valence-electron chi connectivity index (χ3n) is 11.2. The summed E-state index contributed by atoms with van der Waals surface area (Å²) in [7, 11) is 0. The lowest BCUT2D eigenvalue weighted by Crippen LogP contribution is -2.30. The predicted octanol–water partition coefficient (Wildman–Crippen LogP) is 17.6. The van der Waals surface area contributed by atoms with Gasteiger partial charge in [-0.1, -0.05) is 234 Å². The van der Waals surface area contributed by atoms with E-state index in [0.717, 1.165) is 89.9 Å². The van der Waals surface area contributed by atoms with E-state index in [-0.39, 0.29) is 37.5 Å². The van der Waals surface area contributed by atoms with E-state index in [2.05, 4.69) is 106 Å². The number of unbranched alkanes of at least 4 members (excludes halogenated alkanes) is 23. The van der Waals surface area contributed by atoms with E-state index in [9.17, 15) is 14.4 Å². The second-order valence-corrected chi connectivity index (χ2v) is 17.4. The van der Waals surface area contributed by atoms with Crippen LogP contribution in [0.25, 0.3) is 0 Å². The molecule has 0 rings (SSSR count). The Balaban J connectivity index is 4.45. The topological polar surface area (TPSA) is 78.9 Å². The predicted molar refractivity (Wildman–Crippen MR) is 274 cm³/mol. The molecule has 6 heteroatoms. The standard InChI is InChI=1S/C58H98O6/c1-4-7-10-13-16-19-22-24-26-28-30-31-33-36-39-42-45-48-51-57(60)63-54-55(53-62-56(59)50-47-44-41-38-35-21-18-15-12-9-6-3)64-58(61)52-49-46-43-40-37-34-32-29-27-25-23-20-17-14-11-8-5-2/h8,11,15,17-18,20-21,25,27,32,34-35,40,43,55H,4-7,9-10,12-14,16,19,22-24,26,28-31,33,36-39,41-42,44-54H2,1-3H3/b11-8-,18-15-,20-17-,27-25-,34-32-,35-21-,43-40-. The molecule has 0 aromatic heterocycles. The van der Waals surface area contributed by atoms with E-state index >= 15 is 0 Å². The Bertz CT molecular complexity index is 1250. The summed E-state index contributed by atoms with van der Waals surface area (Å²) in [6.07, 6.45) is 67.2. The minimum absolute atomic E-state index is 0.106. The van der Waals surface area contributed by atoms with Crippen molar-refractivity contribution in [2.45, 2.75) is 252 Å². The highest BCUT2D eigenvalue weighted by Gasteiger charge is 2.19. The molecular formula is C58H98O6. The summed E-state index contributed by atoms with van der Waals surface area (Å²) in [5.41, 5.74) is 0. The van der Waals surface area contributed by atoms with Crippen molar-refractivity contribution in [3.63, 3.8) is 0 Å². The molecule has 0 heterocycles. The quantitative estimate of drug-likeness (QED) is 0.0199. The summed E-state index contributed by atoms with van der Waals surface area (Å²) >= 11 is 0. The number of rotatable bonds is 47. The van der Waals surface area contributed by atoms with Gasteiger partial charge in [0.2, 0.25) is 0 Å². The number of carbonyl (C=O) groups is 3. The van der Waals surface area contributed by atoms with Gasteiger partial charge in [-0.2, -0.15) is 0 Å². The molecule has 0 amide bonds. The third kappa shape index (κ3) is 49.6. The Labute approximate surface area is 395 Å². The van der Waals surface area contributed by atoms with Gasteiger partial charge in [-0.3, -0.25) is 14.4 Å². The SMILES string of the molecule is CC/C=C\C/C=C\C/C=C\C/C=C\C/C=C\CCCC(=O)OC(COC(=O)CCCCC/C=C\C=C/CCCC)COC(=O)CCCCCCCCCCCCCCCCCCCC. The van der Waals surface area contributed by atoms with Gasteiger partial charge in [-0.25, -0.2) is 0 Å². The molecule has 0 saturated carbocycles. The largest absolute Gasteiger partial charge is 0.462 e. The van der Waals surface area contributed by atoms with Crippen LogP contribution in [0.15, 0.2) is 85.1 Å². The Morgan fingerprint density at radius 3 is 1.12 bits per heavy atom. The van der Waals surface area contributed by atoms with Crippen LogP contribution in [-0.4, -0.2) is 37.2 Å². The average molecular weight is 891 g/mol. The molecule has 0 aliphatic heterocycles. The number of hydrogen-bond acceptors (Lipinski definition) is 6. The highest BCUT2D eigenvalue weighted by atomic mass is 16.6. The highest BCUT2D eigenvalue weighted by Crippen LogP contribution is 2.15. The number of esters is 3. The summed E-state index contributed by atoms with van der Waals surface area (Å²) in [4.78, 5) is 38.0. The molecule has 0 spiro atoms. The van der Waals surface area contributed by atoms with Crippen LogP contribution < -0.4 is 0 Å². The molecule has 1 unspecified atom stereocenters. The van der Waals surface area contributed by atoms with Crippen LogP contribution in [0.1, 0.15) is 245 Å².